The van der Waals surface area contributed by atoms with E-state index in [-0.39, 0.29) is 0 Å². The van der Waals surface area contributed by atoms with E-state index in [1.807, 2.05) is 24.3 Å². The van der Waals surface area contributed by atoms with Crippen LogP contribution in [0.3, 0.4) is 0 Å². The Balaban J connectivity index is 3.18. The van der Waals surface area contributed by atoms with E-state index in [0.29, 0.717) is 0 Å². The number of rotatable bonds is 3. The average Bonchev–Trinajstić information content (AvgIpc) is 2.23. The maximum atomic E-state index is 4.23. The van der Waals surface area contributed by atoms with Gasteiger partial charge in [0.2, 0.25) is 0 Å². The van der Waals surface area contributed by atoms with Crippen LogP contribution in [0.1, 0.15) is 18.9 Å². The largest absolute Gasteiger partial charge is 0.292 e. The molecule has 1 aromatic rings. The lowest BCUT2D eigenvalue weighted by Gasteiger charge is -2.05. The summed E-state index contributed by atoms with van der Waals surface area (Å²) in [7, 11) is 3.48. The van der Waals surface area contributed by atoms with Gasteiger partial charge in [-0.05, 0) is 12.5 Å². The Bertz CT molecular complexity index is 353. The molecule has 0 fully saturated rings. The first-order chi connectivity index (χ1) is 6.83. The van der Waals surface area contributed by atoms with Crippen molar-refractivity contribution in [2.45, 2.75) is 13.3 Å². The summed E-state index contributed by atoms with van der Waals surface area (Å²) in [4.78, 5) is 4.23. The van der Waals surface area contributed by atoms with Crippen molar-refractivity contribution >= 4 is 11.4 Å². The van der Waals surface area contributed by atoms with E-state index >= 15 is 0 Å². The average molecular weight is 189 g/mol. The summed E-state index contributed by atoms with van der Waals surface area (Å²) in [5.41, 5.74) is 3.02. The van der Waals surface area contributed by atoms with Crippen LogP contribution < -0.4 is 0 Å². The van der Waals surface area contributed by atoms with Crippen molar-refractivity contribution < 1.29 is 0 Å². The van der Waals surface area contributed by atoms with Crippen LogP contribution in [0, 0.1) is 0 Å². The van der Waals surface area contributed by atoms with E-state index in [1.165, 1.54) is 0 Å². The van der Waals surface area contributed by atoms with Crippen LogP contribution in [-0.2, 0) is 0 Å². The minimum Gasteiger partial charge on any atom is -0.292 e. The molecule has 0 atom stereocenters. The third kappa shape index (κ3) is 2.25. The van der Waals surface area contributed by atoms with E-state index in [9.17, 15) is 0 Å². The van der Waals surface area contributed by atoms with Gasteiger partial charge in [-0.25, -0.2) is 0 Å². The normalized spacial score (nSPS) is 12.4. The van der Waals surface area contributed by atoms with Crippen LogP contribution >= 0.6 is 0 Å². The molecule has 0 aliphatic rings. The first-order valence-corrected chi connectivity index (χ1v) is 4.68. The van der Waals surface area contributed by atoms with E-state index in [1.54, 1.807) is 14.1 Å². The SMILES string of the molecule is CCC(=NC)c1ccccc1N=NC. The van der Waals surface area contributed by atoms with Crippen molar-refractivity contribution in [3.8, 4) is 0 Å². The van der Waals surface area contributed by atoms with Crippen molar-refractivity contribution in [2.24, 2.45) is 15.2 Å². The van der Waals surface area contributed by atoms with E-state index in [2.05, 4.69) is 22.1 Å². The van der Waals surface area contributed by atoms with E-state index in [0.717, 1.165) is 23.4 Å². The Labute approximate surface area is 84.6 Å². The number of hydrogen-bond acceptors (Lipinski definition) is 3. The fourth-order valence-corrected chi connectivity index (χ4v) is 1.38. The maximum Gasteiger partial charge on any atom is 0.0942 e. The molecular formula is C11H15N3. The monoisotopic (exact) mass is 189 g/mol. The summed E-state index contributed by atoms with van der Waals surface area (Å²) in [5.74, 6) is 0. The Hall–Kier alpha value is -1.51. The fourth-order valence-electron chi connectivity index (χ4n) is 1.38. The third-order valence-corrected chi connectivity index (χ3v) is 2.03. The molecule has 0 amide bonds. The predicted molar refractivity (Wildman–Crippen MR) is 59.6 cm³/mol. The molecule has 0 aromatic heterocycles. The Morgan fingerprint density at radius 3 is 2.50 bits per heavy atom. The molecule has 0 saturated carbocycles. The Morgan fingerprint density at radius 2 is 1.93 bits per heavy atom. The topological polar surface area (TPSA) is 37.1 Å². The summed E-state index contributed by atoms with van der Waals surface area (Å²) in [6, 6.07) is 7.92. The van der Waals surface area contributed by atoms with Crippen molar-refractivity contribution in [2.75, 3.05) is 14.1 Å². The van der Waals surface area contributed by atoms with Gasteiger partial charge < -0.3 is 0 Å². The van der Waals surface area contributed by atoms with Crippen molar-refractivity contribution in [3.05, 3.63) is 29.8 Å². The van der Waals surface area contributed by atoms with E-state index in [4.69, 9.17) is 0 Å². The summed E-state index contributed by atoms with van der Waals surface area (Å²) < 4.78 is 0. The molecule has 0 spiro atoms. The zero-order valence-corrected chi connectivity index (χ0v) is 8.86. The highest BCUT2D eigenvalue weighted by atomic mass is 15.1. The molecule has 0 N–H and O–H groups in total. The lowest BCUT2D eigenvalue weighted by Crippen LogP contribution is -1.98. The minimum absolute atomic E-state index is 0.887. The fraction of sp³-hybridized carbons (Fsp3) is 0.364. The van der Waals surface area contributed by atoms with Crippen LogP contribution in [0.25, 0.3) is 0 Å². The smallest absolute Gasteiger partial charge is 0.0942 e. The van der Waals surface area contributed by atoms with Crippen LogP contribution in [0.5, 0.6) is 0 Å². The zero-order chi connectivity index (χ0) is 10.4. The Morgan fingerprint density at radius 1 is 1.21 bits per heavy atom. The minimum atomic E-state index is 0.887. The van der Waals surface area contributed by atoms with Gasteiger partial charge in [0, 0.05) is 25.4 Å². The molecule has 14 heavy (non-hydrogen) atoms. The van der Waals surface area contributed by atoms with Crippen LogP contribution in [0.2, 0.25) is 0 Å². The zero-order valence-electron chi connectivity index (χ0n) is 8.86. The standard InChI is InChI=1S/C11H15N3/c1-4-10(12-2)9-7-5-6-8-11(9)14-13-3/h5-8H,4H2,1-3H3. The van der Waals surface area contributed by atoms with Gasteiger partial charge >= 0.3 is 0 Å². The van der Waals surface area contributed by atoms with Gasteiger partial charge in [-0.2, -0.15) is 10.2 Å². The van der Waals surface area contributed by atoms with Crippen LogP contribution in [0.4, 0.5) is 5.69 Å². The molecule has 74 valence electrons. The molecule has 0 unspecified atom stereocenters. The number of hydrogen-bond donors (Lipinski definition) is 0. The Kier molecular flexibility index (Phi) is 3.98. The highest BCUT2D eigenvalue weighted by Gasteiger charge is 2.05. The molecule has 1 rings (SSSR count). The number of nitrogens with zero attached hydrogens (tertiary/aromatic N) is 3. The molecule has 0 radical (unpaired) electrons. The van der Waals surface area contributed by atoms with Gasteiger partial charge in [0.25, 0.3) is 0 Å². The quantitative estimate of drug-likeness (QED) is 0.517. The van der Waals surface area contributed by atoms with Gasteiger partial charge in [-0.3, -0.25) is 4.99 Å². The molecule has 3 heteroatoms. The molecular weight excluding hydrogens is 174 g/mol. The first-order valence-electron chi connectivity index (χ1n) is 4.68. The number of aliphatic imine (C=N–C) groups is 1. The molecule has 0 aliphatic carbocycles. The molecule has 0 saturated heterocycles. The molecule has 0 bridgehead atoms. The first kappa shape index (κ1) is 10.6. The predicted octanol–water partition coefficient (Wildman–Crippen LogP) is 3.23. The summed E-state index contributed by atoms with van der Waals surface area (Å²) >= 11 is 0. The molecule has 1 aromatic carbocycles. The lowest BCUT2D eigenvalue weighted by atomic mass is 10.1. The maximum absolute atomic E-state index is 4.23. The van der Waals surface area contributed by atoms with Crippen molar-refractivity contribution in [1.29, 1.82) is 0 Å². The number of azo groups is 1. The van der Waals surface area contributed by atoms with Crippen molar-refractivity contribution in [3.63, 3.8) is 0 Å². The van der Waals surface area contributed by atoms with Gasteiger partial charge in [0.05, 0.1) is 5.69 Å². The lowest BCUT2D eigenvalue weighted by molar-refractivity contribution is 1.16. The van der Waals surface area contributed by atoms with Crippen molar-refractivity contribution in [1.82, 2.24) is 0 Å². The van der Waals surface area contributed by atoms with Gasteiger partial charge in [0.15, 0.2) is 0 Å². The van der Waals surface area contributed by atoms with Gasteiger partial charge in [-0.1, -0.05) is 25.1 Å². The third-order valence-electron chi connectivity index (χ3n) is 2.03. The van der Waals surface area contributed by atoms with Gasteiger partial charge in [0.1, 0.15) is 0 Å². The summed E-state index contributed by atoms with van der Waals surface area (Å²) in [5, 5.41) is 7.86. The second kappa shape index (κ2) is 5.27. The van der Waals surface area contributed by atoms with E-state index < -0.39 is 0 Å². The van der Waals surface area contributed by atoms with Crippen LogP contribution in [-0.4, -0.2) is 19.8 Å². The molecule has 0 heterocycles. The second-order valence-electron chi connectivity index (χ2n) is 2.84. The van der Waals surface area contributed by atoms with Crippen LogP contribution in [0.15, 0.2) is 39.5 Å². The second-order valence-corrected chi connectivity index (χ2v) is 2.84. The molecule has 0 aliphatic heterocycles. The molecule has 3 nitrogen and oxygen atoms in total. The highest BCUT2D eigenvalue weighted by molar-refractivity contribution is 6.04. The highest BCUT2D eigenvalue weighted by Crippen LogP contribution is 2.20. The summed E-state index contributed by atoms with van der Waals surface area (Å²) in [6.07, 6.45) is 0.909. The number of benzene rings is 1. The summed E-state index contributed by atoms with van der Waals surface area (Å²) in [6.45, 7) is 2.09. The van der Waals surface area contributed by atoms with Gasteiger partial charge in [-0.15, -0.1) is 0 Å².